The highest BCUT2D eigenvalue weighted by atomic mass is 16.5. The fourth-order valence-corrected chi connectivity index (χ4v) is 4.34. The van der Waals surface area contributed by atoms with Gasteiger partial charge >= 0.3 is 5.97 Å². The van der Waals surface area contributed by atoms with Crippen molar-refractivity contribution in [2.45, 2.75) is 96.8 Å². The van der Waals surface area contributed by atoms with Gasteiger partial charge in [-0.15, -0.1) is 0 Å². The fraction of sp³-hybridized carbons (Fsp3) is 0.720. The van der Waals surface area contributed by atoms with Crippen LogP contribution in [0.3, 0.4) is 0 Å². The number of ether oxygens (including phenoxy) is 1. The zero-order chi connectivity index (χ0) is 22.3. The molecule has 1 aromatic rings. The zero-order valence-electron chi connectivity index (χ0n) is 19.1. The Kier molecular flexibility index (Phi) is 12.0. The van der Waals surface area contributed by atoms with E-state index >= 15 is 0 Å². The van der Waals surface area contributed by atoms with Crippen LogP contribution < -0.4 is 10.1 Å². The van der Waals surface area contributed by atoms with Crippen molar-refractivity contribution in [1.29, 1.82) is 0 Å². The largest absolute Gasteiger partial charge is 0.491 e. The molecule has 1 heterocycles. The Hall–Kier alpha value is -2.11. The van der Waals surface area contributed by atoms with E-state index in [2.05, 4.69) is 17.2 Å². The smallest absolute Gasteiger partial charge is 0.307 e. The minimum Gasteiger partial charge on any atom is -0.491 e. The van der Waals surface area contributed by atoms with Crippen molar-refractivity contribution in [1.82, 2.24) is 4.98 Å². The summed E-state index contributed by atoms with van der Waals surface area (Å²) in [5, 5.41) is 12.3. The van der Waals surface area contributed by atoms with Gasteiger partial charge in [-0.25, -0.2) is 0 Å². The van der Waals surface area contributed by atoms with Crippen LogP contribution in [0.25, 0.3) is 0 Å². The third-order valence-corrected chi connectivity index (χ3v) is 6.21. The van der Waals surface area contributed by atoms with E-state index in [4.69, 9.17) is 4.74 Å². The van der Waals surface area contributed by atoms with E-state index in [1.54, 1.807) is 18.5 Å². The number of pyridine rings is 1. The second-order valence-electron chi connectivity index (χ2n) is 8.73. The summed E-state index contributed by atoms with van der Waals surface area (Å²) < 4.78 is 5.90. The van der Waals surface area contributed by atoms with Gasteiger partial charge in [0.15, 0.2) is 0 Å². The molecule has 0 saturated heterocycles. The lowest BCUT2D eigenvalue weighted by Gasteiger charge is -2.27. The molecular weight excluding hydrogens is 392 g/mol. The maximum Gasteiger partial charge on any atom is 0.307 e. The summed E-state index contributed by atoms with van der Waals surface area (Å²) in [5.41, 5.74) is 0.522. The highest BCUT2D eigenvalue weighted by Crippen LogP contribution is 2.32. The molecule has 1 saturated carbocycles. The summed E-state index contributed by atoms with van der Waals surface area (Å²) in [6.45, 7) is 2.85. The zero-order valence-corrected chi connectivity index (χ0v) is 19.1. The van der Waals surface area contributed by atoms with Gasteiger partial charge in [0, 0.05) is 12.3 Å². The van der Waals surface area contributed by atoms with Crippen LogP contribution in [0.4, 0.5) is 5.69 Å². The van der Waals surface area contributed by atoms with Crippen LogP contribution in [-0.2, 0) is 9.59 Å². The number of unbranched alkanes of at least 4 members (excludes halogenated alkanes) is 9. The van der Waals surface area contributed by atoms with Gasteiger partial charge in [-0.1, -0.05) is 77.6 Å². The first-order chi connectivity index (χ1) is 15.1. The summed E-state index contributed by atoms with van der Waals surface area (Å²) in [6.07, 6.45) is 18.8. The van der Waals surface area contributed by atoms with Crippen molar-refractivity contribution in [2.75, 3.05) is 11.9 Å². The van der Waals surface area contributed by atoms with Gasteiger partial charge in [-0.3, -0.25) is 14.6 Å². The van der Waals surface area contributed by atoms with Crippen LogP contribution in [0.2, 0.25) is 0 Å². The Bertz CT molecular complexity index is 665. The van der Waals surface area contributed by atoms with E-state index in [-0.39, 0.29) is 5.91 Å². The van der Waals surface area contributed by atoms with Crippen molar-refractivity contribution in [3.8, 4) is 5.75 Å². The van der Waals surface area contributed by atoms with Crippen LogP contribution in [0.5, 0.6) is 5.75 Å². The number of rotatable bonds is 15. The maximum absolute atomic E-state index is 12.7. The molecular formula is C25H40N2O4. The molecule has 0 radical (unpaired) electrons. The van der Waals surface area contributed by atoms with Gasteiger partial charge in [-0.05, 0) is 19.3 Å². The Morgan fingerprint density at radius 1 is 1.00 bits per heavy atom. The van der Waals surface area contributed by atoms with Gasteiger partial charge in [0.05, 0.1) is 24.6 Å². The number of hydrogen-bond acceptors (Lipinski definition) is 4. The quantitative estimate of drug-likeness (QED) is 0.322. The first-order valence-corrected chi connectivity index (χ1v) is 12.2. The summed E-state index contributed by atoms with van der Waals surface area (Å²) >= 11 is 0. The lowest BCUT2D eigenvalue weighted by molar-refractivity contribution is -0.147. The van der Waals surface area contributed by atoms with Crippen LogP contribution in [0, 0.1) is 11.8 Å². The lowest BCUT2D eigenvalue weighted by atomic mass is 9.78. The van der Waals surface area contributed by atoms with Crippen LogP contribution >= 0.6 is 0 Å². The average molecular weight is 433 g/mol. The van der Waals surface area contributed by atoms with E-state index in [1.807, 2.05) is 0 Å². The monoisotopic (exact) mass is 432 g/mol. The molecule has 1 fully saturated rings. The standard InChI is InChI=1S/C25H40N2O4/c1-2-3-4-5-6-7-8-9-10-13-18-31-23-16-17-26-19-22(23)27-24(28)20-14-11-12-15-21(20)25(29)30/h16-17,19-21H,2-15,18H2,1H3,(H,27,28)(H,29,30). The van der Waals surface area contributed by atoms with Crippen LogP contribution in [0.15, 0.2) is 18.5 Å². The van der Waals surface area contributed by atoms with Gasteiger partial charge in [0.1, 0.15) is 11.4 Å². The molecule has 2 unspecified atom stereocenters. The minimum atomic E-state index is -0.886. The Morgan fingerprint density at radius 2 is 1.61 bits per heavy atom. The predicted octanol–water partition coefficient (Wildman–Crippen LogP) is 6.21. The van der Waals surface area contributed by atoms with Crippen LogP contribution in [0.1, 0.15) is 96.8 Å². The molecule has 2 rings (SSSR count). The SMILES string of the molecule is CCCCCCCCCCCCOc1ccncc1NC(=O)C1CCCCC1C(=O)O. The fourth-order valence-electron chi connectivity index (χ4n) is 4.34. The molecule has 6 heteroatoms. The van der Waals surface area contributed by atoms with Crippen molar-refractivity contribution >= 4 is 17.6 Å². The molecule has 2 atom stereocenters. The molecule has 1 aromatic heterocycles. The molecule has 1 amide bonds. The van der Waals surface area contributed by atoms with Gasteiger partial charge in [0.2, 0.25) is 5.91 Å². The lowest BCUT2D eigenvalue weighted by Crippen LogP contribution is -2.36. The third-order valence-electron chi connectivity index (χ3n) is 6.21. The molecule has 1 aliphatic carbocycles. The number of carboxylic acid groups (broad SMARTS) is 1. The summed E-state index contributed by atoms with van der Waals surface area (Å²) in [5.74, 6) is -1.64. The molecule has 0 aliphatic heterocycles. The Balaban J connectivity index is 1.69. The van der Waals surface area contributed by atoms with Gasteiger partial charge in [0.25, 0.3) is 0 Å². The minimum absolute atomic E-state index is 0.246. The molecule has 174 valence electrons. The van der Waals surface area contributed by atoms with Gasteiger partial charge in [-0.2, -0.15) is 0 Å². The molecule has 2 N–H and O–H groups in total. The summed E-state index contributed by atoms with van der Waals surface area (Å²) in [7, 11) is 0. The topological polar surface area (TPSA) is 88.5 Å². The maximum atomic E-state index is 12.7. The summed E-state index contributed by atoms with van der Waals surface area (Å²) in [4.78, 5) is 28.3. The molecule has 0 spiro atoms. The highest BCUT2D eigenvalue weighted by molar-refractivity contribution is 5.96. The van der Waals surface area contributed by atoms with E-state index in [0.29, 0.717) is 30.9 Å². The Labute approximate surface area is 187 Å². The van der Waals surface area contributed by atoms with E-state index < -0.39 is 17.8 Å². The number of amides is 1. The number of carboxylic acids is 1. The second kappa shape index (κ2) is 14.8. The van der Waals surface area contributed by atoms with Crippen molar-refractivity contribution in [2.24, 2.45) is 11.8 Å². The molecule has 1 aliphatic rings. The Morgan fingerprint density at radius 3 is 2.26 bits per heavy atom. The number of carbonyl (C=O) groups excluding carboxylic acids is 1. The first kappa shape index (κ1) is 25.2. The second-order valence-corrected chi connectivity index (χ2v) is 8.73. The molecule has 6 nitrogen and oxygen atoms in total. The van der Waals surface area contributed by atoms with E-state index in [0.717, 1.165) is 25.7 Å². The number of aliphatic carboxylic acids is 1. The first-order valence-electron chi connectivity index (χ1n) is 12.2. The van der Waals surface area contributed by atoms with Crippen molar-refractivity contribution in [3.63, 3.8) is 0 Å². The molecule has 0 bridgehead atoms. The number of aromatic nitrogens is 1. The number of carbonyl (C=O) groups is 2. The van der Waals surface area contributed by atoms with Crippen molar-refractivity contribution < 1.29 is 19.4 Å². The number of nitrogens with zero attached hydrogens (tertiary/aromatic N) is 1. The predicted molar refractivity (Wildman–Crippen MR) is 123 cm³/mol. The van der Waals surface area contributed by atoms with Crippen molar-refractivity contribution in [3.05, 3.63) is 18.5 Å². The summed E-state index contributed by atoms with van der Waals surface area (Å²) in [6, 6.07) is 1.75. The van der Waals surface area contributed by atoms with Gasteiger partial charge < -0.3 is 15.2 Å². The third kappa shape index (κ3) is 9.28. The number of anilines is 1. The molecule has 31 heavy (non-hydrogen) atoms. The van der Waals surface area contributed by atoms with Crippen LogP contribution in [-0.4, -0.2) is 28.6 Å². The highest BCUT2D eigenvalue weighted by Gasteiger charge is 2.35. The van der Waals surface area contributed by atoms with E-state index in [1.165, 1.54) is 51.4 Å². The number of hydrogen-bond donors (Lipinski definition) is 2. The number of nitrogens with one attached hydrogen (secondary N) is 1. The van der Waals surface area contributed by atoms with E-state index in [9.17, 15) is 14.7 Å². The normalized spacial score (nSPS) is 18.5. The average Bonchev–Trinajstić information content (AvgIpc) is 2.78. The molecule has 0 aromatic carbocycles.